The maximum absolute atomic E-state index is 2.67. The molecule has 0 saturated carbocycles. The van der Waals surface area contributed by atoms with E-state index >= 15 is 0 Å². The lowest BCUT2D eigenvalue weighted by Crippen LogP contribution is -2.38. The van der Waals surface area contributed by atoms with Crippen LogP contribution in [0.5, 0.6) is 0 Å². The minimum absolute atomic E-state index is 0.347. The molecule has 0 spiro atoms. The molecule has 0 unspecified atom stereocenters. The Bertz CT molecular complexity index is 739. The van der Waals surface area contributed by atoms with E-state index in [0.29, 0.717) is 29.8 Å². The lowest BCUT2D eigenvalue weighted by Gasteiger charge is -2.36. The predicted octanol–water partition coefficient (Wildman–Crippen LogP) is 7.85. The number of hydrogen-bond acceptors (Lipinski definition) is 2. The van der Waals surface area contributed by atoms with Crippen molar-refractivity contribution in [2.45, 2.75) is 92.2 Å². The molecule has 30 heavy (non-hydrogen) atoms. The second-order valence-corrected chi connectivity index (χ2v) is 10.2. The van der Waals surface area contributed by atoms with Crippen molar-refractivity contribution < 1.29 is 0 Å². The highest BCUT2D eigenvalue weighted by Gasteiger charge is 2.34. The van der Waals surface area contributed by atoms with Crippen molar-refractivity contribution in [3.05, 3.63) is 58.7 Å². The van der Waals surface area contributed by atoms with Crippen LogP contribution in [0.4, 0.5) is 11.4 Å². The van der Waals surface area contributed by atoms with Gasteiger partial charge in [-0.2, -0.15) is 0 Å². The van der Waals surface area contributed by atoms with Crippen LogP contribution in [-0.2, 0) is 0 Å². The predicted molar refractivity (Wildman–Crippen MR) is 133 cm³/mol. The van der Waals surface area contributed by atoms with E-state index in [2.05, 4.69) is 109 Å². The Morgan fingerprint density at radius 1 is 0.567 bits per heavy atom. The van der Waals surface area contributed by atoms with E-state index < -0.39 is 0 Å². The Balaban J connectivity index is 2.11. The highest BCUT2D eigenvalue weighted by molar-refractivity contribution is 5.69. The molecule has 1 fully saturated rings. The quantitative estimate of drug-likeness (QED) is 0.482. The molecule has 0 atom stereocenters. The number of hydrogen-bond donors (Lipinski definition) is 0. The monoisotopic (exact) mass is 406 g/mol. The first-order chi connectivity index (χ1) is 14.1. The summed E-state index contributed by atoms with van der Waals surface area (Å²) >= 11 is 0. The van der Waals surface area contributed by atoms with Crippen LogP contribution in [0, 0.1) is 0 Å². The normalized spacial score (nSPS) is 15.5. The summed E-state index contributed by atoms with van der Waals surface area (Å²) < 4.78 is 0. The van der Waals surface area contributed by atoms with Gasteiger partial charge in [0.05, 0.1) is 6.17 Å². The van der Waals surface area contributed by atoms with Gasteiger partial charge in [-0.1, -0.05) is 91.8 Å². The molecule has 1 aliphatic heterocycles. The van der Waals surface area contributed by atoms with Crippen molar-refractivity contribution in [3.63, 3.8) is 0 Å². The molecule has 2 aromatic rings. The molecule has 2 heteroatoms. The molecule has 2 aromatic carbocycles. The third-order valence-corrected chi connectivity index (χ3v) is 6.74. The molecule has 1 heterocycles. The van der Waals surface area contributed by atoms with Gasteiger partial charge in [-0.15, -0.1) is 0 Å². The standard InChI is InChI=1S/C28H42N2/c1-18(2)23-12-10-13-24(19(3)4)27(23)29-16-17-30(22(29)9)28-25(20(5)6)14-11-15-26(28)21(7)8/h10-15,18-22H,16-17H2,1-9H3. The number of benzene rings is 2. The zero-order valence-electron chi connectivity index (χ0n) is 20.7. The maximum Gasteiger partial charge on any atom is 0.0988 e. The summed E-state index contributed by atoms with van der Waals surface area (Å²) in [6, 6.07) is 13.8. The zero-order chi connectivity index (χ0) is 22.2. The van der Waals surface area contributed by atoms with E-state index in [1.165, 1.54) is 33.6 Å². The molecular formula is C28H42N2. The van der Waals surface area contributed by atoms with E-state index in [-0.39, 0.29) is 0 Å². The van der Waals surface area contributed by atoms with Crippen LogP contribution < -0.4 is 9.80 Å². The van der Waals surface area contributed by atoms with Gasteiger partial charge >= 0.3 is 0 Å². The molecule has 0 aromatic heterocycles. The molecule has 0 bridgehead atoms. The van der Waals surface area contributed by atoms with Gasteiger partial charge in [-0.25, -0.2) is 0 Å². The smallest absolute Gasteiger partial charge is 0.0988 e. The van der Waals surface area contributed by atoms with Gasteiger partial charge in [-0.3, -0.25) is 0 Å². The molecule has 0 aliphatic carbocycles. The van der Waals surface area contributed by atoms with E-state index in [9.17, 15) is 0 Å². The molecule has 0 radical (unpaired) electrons. The van der Waals surface area contributed by atoms with Crippen LogP contribution in [-0.4, -0.2) is 19.3 Å². The summed E-state index contributed by atoms with van der Waals surface area (Å²) in [6.07, 6.45) is 0.347. The third-order valence-electron chi connectivity index (χ3n) is 6.74. The minimum atomic E-state index is 0.347. The fourth-order valence-corrected chi connectivity index (χ4v) is 5.04. The van der Waals surface area contributed by atoms with E-state index in [1.54, 1.807) is 0 Å². The number of anilines is 2. The van der Waals surface area contributed by atoms with Crippen molar-refractivity contribution in [1.29, 1.82) is 0 Å². The second kappa shape index (κ2) is 9.04. The average Bonchev–Trinajstić information content (AvgIpc) is 3.07. The molecule has 0 N–H and O–H groups in total. The minimum Gasteiger partial charge on any atom is -0.349 e. The summed E-state index contributed by atoms with van der Waals surface area (Å²) in [5.74, 6) is 2.09. The Morgan fingerprint density at radius 2 is 0.833 bits per heavy atom. The van der Waals surface area contributed by atoms with Gasteiger partial charge in [0.1, 0.15) is 0 Å². The van der Waals surface area contributed by atoms with Crippen molar-refractivity contribution in [3.8, 4) is 0 Å². The van der Waals surface area contributed by atoms with Gasteiger partial charge in [0.2, 0.25) is 0 Å². The molecule has 2 nitrogen and oxygen atoms in total. The summed E-state index contributed by atoms with van der Waals surface area (Å²) in [6.45, 7) is 23.2. The lowest BCUT2D eigenvalue weighted by atomic mass is 9.91. The Labute approximate surface area is 185 Å². The van der Waals surface area contributed by atoms with Crippen molar-refractivity contribution in [1.82, 2.24) is 0 Å². The van der Waals surface area contributed by atoms with Crippen LogP contribution in [0.2, 0.25) is 0 Å². The van der Waals surface area contributed by atoms with Crippen LogP contribution in [0.1, 0.15) is 108 Å². The van der Waals surface area contributed by atoms with Crippen LogP contribution in [0.15, 0.2) is 36.4 Å². The van der Waals surface area contributed by atoms with Gasteiger partial charge in [0.25, 0.3) is 0 Å². The van der Waals surface area contributed by atoms with Gasteiger partial charge in [0, 0.05) is 24.5 Å². The number of nitrogens with zero attached hydrogens (tertiary/aromatic N) is 2. The maximum atomic E-state index is 2.67. The summed E-state index contributed by atoms with van der Waals surface area (Å²) in [7, 11) is 0. The Kier molecular flexibility index (Phi) is 6.84. The SMILES string of the molecule is CC(C)c1cccc(C(C)C)c1N1CCN(c2c(C(C)C)cccc2C(C)C)C1C. The Hall–Kier alpha value is -1.96. The molecule has 3 rings (SSSR count). The number of para-hydroxylation sites is 2. The molecule has 1 saturated heterocycles. The van der Waals surface area contributed by atoms with Gasteiger partial charge in [-0.05, 0) is 52.8 Å². The molecule has 0 amide bonds. The molecular weight excluding hydrogens is 364 g/mol. The van der Waals surface area contributed by atoms with Crippen LogP contribution >= 0.6 is 0 Å². The van der Waals surface area contributed by atoms with Gasteiger partial charge < -0.3 is 9.80 Å². The summed E-state index contributed by atoms with van der Waals surface area (Å²) in [5.41, 5.74) is 8.88. The fraction of sp³-hybridized carbons (Fsp3) is 0.571. The number of rotatable bonds is 6. The highest BCUT2D eigenvalue weighted by atomic mass is 15.4. The Morgan fingerprint density at radius 3 is 1.07 bits per heavy atom. The first kappa shape index (κ1) is 22.7. The van der Waals surface area contributed by atoms with E-state index in [0.717, 1.165) is 13.1 Å². The lowest BCUT2D eigenvalue weighted by molar-refractivity contribution is 0.700. The van der Waals surface area contributed by atoms with E-state index in [1.807, 2.05) is 0 Å². The zero-order valence-corrected chi connectivity index (χ0v) is 20.7. The van der Waals surface area contributed by atoms with Crippen molar-refractivity contribution in [2.24, 2.45) is 0 Å². The highest BCUT2D eigenvalue weighted by Crippen LogP contribution is 2.42. The average molecular weight is 407 g/mol. The third kappa shape index (κ3) is 4.11. The first-order valence-corrected chi connectivity index (χ1v) is 11.9. The second-order valence-electron chi connectivity index (χ2n) is 10.2. The fourth-order valence-electron chi connectivity index (χ4n) is 5.04. The summed E-state index contributed by atoms with van der Waals surface area (Å²) in [5, 5.41) is 0. The van der Waals surface area contributed by atoms with E-state index in [4.69, 9.17) is 0 Å². The molecule has 164 valence electrons. The first-order valence-electron chi connectivity index (χ1n) is 11.9. The van der Waals surface area contributed by atoms with Crippen molar-refractivity contribution >= 4 is 11.4 Å². The topological polar surface area (TPSA) is 6.48 Å². The molecule has 1 aliphatic rings. The van der Waals surface area contributed by atoms with Gasteiger partial charge in [0.15, 0.2) is 0 Å². The largest absolute Gasteiger partial charge is 0.349 e. The van der Waals surface area contributed by atoms with Crippen LogP contribution in [0.25, 0.3) is 0 Å². The van der Waals surface area contributed by atoms with Crippen molar-refractivity contribution in [2.75, 3.05) is 22.9 Å². The summed E-state index contributed by atoms with van der Waals surface area (Å²) in [4.78, 5) is 5.35. The van der Waals surface area contributed by atoms with Crippen LogP contribution in [0.3, 0.4) is 0 Å².